The molecular weight excluding hydrogens is 300 g/mol. The Morgan fingerprint density at radius 1 is 1.29 bits per heavy atom. The number of amides is 1. The van der Waals surface area contributed by atoms with Crippen molar-refractivity contribution in [3.63, 3.8) is 0 Å². The van der Waals surface area contributed by atoms with Gasteiger partial charge in [0.15, 0.2) is 0 Å². The number of nitrogens with one attached hydrogen (secondary N) is 1. The van der Waals surface area contributed by atoms with Crippen LogP contribution in [0.15, 0.2) is 18.2 Å². The van der Waals surface area contributed by atoms with Gasteiger partial charge >= 0.3 is 0 Å². The summed E-state index contributed by atoms with van der Waals surface area (Å²) in [6.07, 6.45) is 7.41. The SMILES string of the molecule is COc1cc(C2(C(=O)NC3CCCC3CN)CCCC2)ccc1C. The van der Waals surface area contributed by atoms with Crippen LogP contribution in [0.1, 0.15) is 56.1 Å². The van der Waals surface area contributed by atoms with E-state index in [0.29, 0.717) is 12.5 Å². The smallest absolute Gasteiger partial charge is 0.230 e. The molecule has 0 spiro atoms. The van der Waals surface area contributed by atoms with E-state index >= 15 is 0 Å². The summed E-state index contributed by atoms with van der Waals surface area (Å²) in [4.78, 5) is 13.3. The minimum atomic E-state index is -0.400. The van der Waals surface area contributed by atoms with Crippen molar-refractivity contribution in [2.75, 3.05) is 13.7 Å². The van der Waals surface area contributed by atoms with Gasteiger partial charge in [0.05, 0.1) is 12.5 Å². The summed E-state index contributed by atoms with van der Waals surface area (Å²) in [5.74, 6) is 1.49. The number of carbonyl (C=O) groups excluding carboxylic acids is 1. The van der Waals surface area contributed by atoms with Crippen molar-refractivity contribution >= 4 is 5.91 Å². The Balaban J connectivity index is 1.86. The van der Waals surface area contributed by atoms with Crippen molar-refractivity contribution in [2.45, 2.75) is 63.3 Å². The Kier molecular flexibility index (Phi) is 5.14. The minimum Gasteiger partial charge on any atom is -0.496 e. The van der Waals surface area contributed by atoms with Crippen molar-refractivity contribution in [3.8, 4) is 5.75 Å². The topological polar surface area (TPSA) is 64.3 Å². The third kappa shape index (κ3) is 3.04. The molecule has 2 unspecified atom stereocenters. The maximum absolute atomic E-state index is 13.3. The van der Waals surface area contributed by atoms with Crippen LogP contribution in [0, 0.1) is 12.8 Å². The van der Waals surface area contributed by atoms with E-state index in [2.05, 4.69) is 23.5 Å². The van der Waals surface area contributed by atoms with E-state index in [-0.39, 0.29) is 11.9 Å². The first-order chi connectivity index (χ1) is 11.6. The monoisotopic (exact) mass is 330 g/mol. The Morgan fingerprint density at radius 3 is 2.71 bits per heavy atom. The molecule has 132 valence electrons. The third-order valence-corrected chi connectivity index (χ3v) is 6.13. The van der Waals surface area contributed by atoms with E-state index in [0.717, 1.165) is 61.8 Å². The van der Waals surface area contributed by atoms with Gasteiger partial charge in [-0.15, -0.1) is 0 Å². The zero-order chi connectivity index (χ0) is 17.2. The largest absolute Gasteiger partial charge is 0.496 e. The highest BCUT2D eigenvalue weighted by Crippen LogP contribution is 2.43. The maximum Gasteiger partial charge on any atom is 0.230 e. The van der Waals surface area contributed by atoms with Crippen LogP contribution in [0.2, 0.25) is 0 Å². The van der Waals surface area contributed by atoms with Gasteiger partial charge in [-0.2, -0.15) is 0 Å². The highest BCUT2D eigenvalue weighted by atomic mass is 16.5. The molecule has 1 aromatic rings. The molecule has 1 aromatic carbocycles. The second kappa shape index (κ2) is 7.14. The Morgan fingerprint density at radius 2 is 2.04 bits per heavy atom. The number of hydrogen-bond donors (Lipinski definition) is 2. The number of rotatable bonds is 5. The minimum absolute atomic E-state index is 0.191. The first-order valence-corrected chi connectivity index (χ1v) is 9.27. The lowest BCUT2D eigenvalue weighted by atomic mass is 9.77. The van der Waals surface area contributed by atoms with Crippen LogP contribution in [0.4, 0.5) is 0 Å². The molecule has 0 aliphatic heterocycles. The lowest BCUT2D eigenvalue weighted by Crippen LogP contribution is -2.49. The molecule has 3 N–H and O–H groups in total. The summed E-state index contributed by atoms with van der Waals surface area (Å²) >= 11 is 0. The van der Waals surface area contributed by atoms with Gasteiger partial charge in [0.25, 0.3) is 0 Å². The van der Waals surface area contributed by atoms with Gasteiger partial charge < -0.3 is 15.8 Å². The molecule has 0 aromatic heterocycles. The fourth-order valence-electron chi connectivity index (χ4n) is 4.56. The Hall–Kier alpha value is -1.55. The Labute approximate surface area is 145 Å². The van der Waals surface area contributed by atoms with Crippen molar-refractivity contribution in [2.24, 2.45) is 11.7 Å². The molecule has 2 saturated carbocycles. The van der Waals surface area contributed by atoms with Crippen molar-refractivity contribution < 1.29 is 9.53 Å². The first kappa shape index (κ1) is 17.3. The molecule has 0 bridgehead atoms. The van der Waals surface area contributed by atoms with Crippen molar-refractivity contribution in [1.29, 1.82) is 0 Å². The van der Waals surface area contributed by atoms with Gasteiger partial charge in [0, 0.05) is 6.04 Å². The second-order valence-corrected chi connectivity index (χ2v) is 7.48. The summed E-state index contributed by atoms with van der Waals surface area (Å²) in [5, 5.41) is 3.35. The van der Waals surface area contributed by atoms with E-state index in [1.165, 1.54) is 0 Å². The second-order valence-electron chi connectivity index (χ2n) is 7.48. The molecule has 4 nitrogen and oxygen atoms in total. The molecular formula is C20H30N2O2. The molecule has 1 amide bonds. The highest BCUT2D eigenvalue weighted by Gasteiger charge is 2.44. The summed E-state index contributed by atoms with van der Waals surface area (Å²) in [7, 11) is 1.69. The average Bonchev–Trinajstić information content (AvgIpc) is 3.25. The van der Waals surface area contributed by atoms with E-state index in [9.17, 15) is 4.79 Å². The zero-order valence-corrected chi connectivity index (χ0v) is 14.9. The lowest BCUT2D eigenvalue weighted by Gasteiger charge is -2.32. The summed E-state index contributed by atoms with van der Waals surface area (Å²) in [6.45, 7) is 2.70. The molecule has 0 heterocycles. The van der Waals surface area contributed by atoms with Crippen LogP contribution in [0.5, 0.6) is 5.75 Å². The fourth-order valence-corrected chi connectivity index (χ4v) is 4.56. The normalized spacial score (nSPS) is 25.6. The number of aryl methyl sites for hydroxylation is 1. The predicted molar refractivity (Wildman–Crippen MR) is 96.2 cm³/mol. The standard InChI is InChI=1S/C20H30N2O2/c1-14-8-9-16(12-18(14)24-2)20(10-3-4-11-20)19(23)22-17-7-5-6-15(17)13-21/h8-9,12,15,17H,3-7,10-11,13,21H2,1-2H3,(H,22,23). The first-order valence-electron chi connectivity index (χ1n) is 9.27. The van der Waals surface area contributed by atoms with Gasteiger partial charge in [0.2, 0.25) is 5.91 Å². The molecule has 4 heteroatoms. The Bertz CT molecular complexity index is 593. The molecule has 2 aliphatic carbocycles. The summed E-state index contributed by atoms with van der Waals surface area (Å²) in [6, 6.07) is 6.49. The van der Waals surface area contributed by atoms with Gasteiger partial charge in [-0.05, 0) is 62.3 Å². The zero-order valence-electron chi connectivity index (χ0n) is 14.9. The molecule has 2 atom stereocenters. The van der Waals surface area contributed by atoms with Gasteiger partial charge in [0.1, 0.15) is 5.75 Å². The average molecular weight is 330 g/mol. The summed E-state index contributed by atoms with van der Waals surface area (Å²) < 4.78 is 5.49. The van der Waals surface area contributed by atoms with Crippen LogP contribution >= 0.6 is 0 Å². The van der Waals surface area contributed by atoms with E-state index < -0.39 is 5.41 Å². The molecule has 0 radical (unpaired) electrons. The quantitative estimate of drug-likeness (QED) is 0.872. The van der Waals surface area contributed by atoms with Crippen LogP contribution in [0.25, 0.3) is 0 Å². The molecule has 3 rings (SSSR count). The highest BCUT2D eigenvalue weighted by molar-refractivity contribution is 5.89. The predicted octanol–water partition coefficient (Wildman–Crippen LogP) is 3.06. The molecule has 24 heavy (non-hydrogen) atoms. The van der Waals surface area contributed by atoms with Gasteiger partial charge in [-0.3, -0.25) is 4.79 Å². The van der Waals surface area contributed by atoms with Crippen molar-refractivity contribution in [3.05, 3.63) is 29.3 Å². The van der Waals surface area contributed by atoms with Crippen molar-refractivity contribution in [1.82, 2.24) is 5.32 Å². The lowest BCUT2D eigenvalue weighted by molar-refractivity contribution is -0.127. The van der Waals surface area contributed by atoms with E-state index in [4.69, 9.17) is 10.5 Å². The molecule has 0 saturated heterocycles. The number of benzene rings is 1. The van der Waals surface area contributed by atoms with Gasteiger partial charge in [-0.1, -0.05) is 31.4 Å². The number of nitrogens with two attached hydrogens (primary N) is 1. The number of hydrogen-bond acceptors (Lipinski definition) is 3. The van der Waals surface area contributed by atoms with Gasteiger partial charge in [-0.25, -0.2) is 0 Å². The number of ether oxygens (including phenoxy) is 1. The maximum atomic E-state index is 13.3. The third-order valence-electron chi connectivity index (χ3n) is 6.13. The van der Waals surface area contributed by atoms with Crippen LogP contribution in [-0.2, 0) is 10.2 Å². The van der Waals surface area contributed by atoms with Crippen LogP contribution < -0.4 is 15.8 Å². The molecule has 2 aliphatic rings. The number of carbonyl (C=O) groups is 1. The summed E-state index contributed by atoms with van der Waals surface area (Å²) in [5.41, 5.74) is 7.69. The number of methoxy groups -OCH3 is 1. The molecule has 2 fully saturated rings. The van der Waals surface area contributed by atoms with Crippen LogP contribution in [0.3, 0.4) is 0 Å². The van der Waals surface area contributed by atoms with Crippen LogP contribution in [-0.4, -0.2) is 25.6 Å². The van der Waals surface area contributed by atoms with E-state index in [1.54, 1.807) is 7.11 Å². The van der Waals surface area contributed by atoms with E-state index in [1.807, 2.05) is 6.92 Å². The fraction of sp³-hybridized carbons (Fsp3) is 0.650.